The van der Waals surface area contributed by atoms with Gasteiger partial charge in [-0.2, -0.15) is 0 Å². The van der Waals surface area contributed by atoms with E-state index in [0.717, 1.165) is 0 Å². The molecule has 1 aromatic carbocycles. The van der Waals surface area contributed by atoms with E-state index in [1.54, 1.807) is 12.1 Å². The third kappa shape index (κ3) is 3.35. The molecule has 0 atom stereocenters. The summed E-state index contributed by atoms with van der Waals surface area (Å²) in [5.41, 5.74) is 0.610. The molecule has 2 rings (SSSR count). The van der Waals surface area contributed by atoms with Crippen LogP contribution in [0.2, 0.25) is 0 Å². The molecule has 0 saturated heterocycles. The molecular weight excluding hydrogens is 314 g/mol. The zero-order valence-electron chi connectivity index (χ0n) is 9.54. The minimum Gasteiger partial charge on any atom is -0.321 e. The predicted molar refractivity (Wildman–Crippen MR) is 73.0 cm³/mol. The number of aromatic nitrogens is 1. The zero-order chi connectivity index (χ0) is 13.8. The van der Waals surface area contributed by atoms with Crippen molar-refractivity contribution < 1.29 is 9.72 Å². The fourth-order valence-corrected chi connectivity index (χ4v) is 1.65. The summed E-state index contributed by atoms with van der Waals surface area (Å²) >= 11 is 3.18. The van der Waals surface area contributed by atoms with Gasteiger partial charge < -0.3 is 5.32 Å². The minimum absolute atomic E-state index is 0.124. The van der Waals surface area contributed by atoms with Crippen LogP contribution < -0.4 is 5.32 Å². The predicted octanol–water partition coefficient (Wildman–Crippen LogP) is 3.00. The third-order valence-corrected chi connectivity index (χ3v) is 2.77. The summed E-state index contributed by atoms with van der Waals surface area (Å²) in [6.45, 7) is 0. The first kappa shape index (κ1) is 13.2. The van der Waals surface area contributed by atoms with Crippen molar-refractivity contribution in [2.24, 2.45) is 0 Å². The fourth-order valence-electron chi connectivity index (χ4n) is 1.41. The Labute approximate surface area is 116 Å². The molecule has 0 aliphatic carbocycles. The van der Waals surface area contributed by atoms with Gasteiger partial charge in [-0.15, -0.1) is 0 Å². The van der Waals surface area contributed by atoms with Gasteiger partial charge in [0.2, 0.25) is 0 Å². The SMILES string of the molecule is O=C(Nc1ccc(Br)nc1)c1cccc([N+](=O)[O-])c1. The second kappa shape index (κ2) is 5.57. The standard InChI is InChI=1S/C12H8BrN3O3/c13-11-5-4-9(7-14-11)15-12(17)8-2-1-3-10(6-8)16(18)19/h1-7H,(H,15,17). The summed E-state index contributed by atoms with van der Waals surface area (Å²) in [4.78, 5) is 26.0. The number of nitro groups is 1. The first-order valence-electron chi connectivity index (χ1n) is 5.23. The molecule has 0 saturated carbocycles. The first-order valence-corrected chi connectivity index (χ1v) is 6.03. The molecule has 2 aromatic rings. The summed E-state index contributed by atoms with van der Waals surface area (Å²) in [6, 6.07) is 8.89. The van der Waals surface area contributed by atoms with Gasteiger partial charge in [-0.25, -0.2) is 4.98 Å². The number of nitro benzene ring substituents is 1. The molecular formula is C12H8BrN3O3. The van der Waals surface area contributed by atoms with Crippen LogP contribution >= 0.6 is 15.9 Å². The maximum absolute atomic E-state index is 11.9. The van der Waals surface area contributed by atoms with Crippen molar-refractivity contribution in [3.63, 3.8) is 0 Å². The molecule has 0 radical (unpaired) electrons. The van der Waals surface area contributed by atoms with Gasteiger partial charge >= 0.3 is 0 Å². The molecule has 0 aliphatic heterocycles. The number of nitrogens with zero attached hydrogens (tertiary/aromatic N) is 2. The Bertz CT molecular complexity index is 628. The summed E-state index contributed by atoms with van der Waals surface area (Å²) < 4.78 is 0.654. The van der Waals surface area contributed by atoms with Gasteiger partial charge in [-0.05, 0) is 34.1 Å². The van der Waals surface area contributed by atoms with E-state index in [0.29, 0.717) is 10.3 Å². The van der Waals surface area contributed by atoms with Crippen LogP contribution in [0.15, 0.2) is 47.2 Å². The molecule has 7 heteroatoms. The molecule has 1 aromatic heterocycles. The molecule has 96 valence electrons. The number of hydrogen-bond acceptors (Lipinski definition) is 4. The van der Waals surface area contributed by atoms with Crippen molar-refractivity contribution in [2.45, 2.75) is 0 Å². The zero-order valence-corrected chi connectivity index (χ0v) is 11.1. The highest BCUT2D eigenvalue weighted by atomic mass is 79.9. The van der Waals surface area contributed by atoms with E-state index in [-0.39, 0.29) is 11.3 Å². The van der Waals surface area contributed by atoms with Crippen LogP contribution in [-0.2, 0) is 0 Å². The number of anilines is 1. The molecule has 1 amide bonds. The van der Waals surface area contributed by atoms with Gasteiger partial charge in [-0.1, -0.05) is 6.07 Å². The number of benzene rings is 1. The monoisotopic (exact) mass is 321 g/mol. The Morgan fingerprint density at radius 2 is 2.11 bits per heavy atom. The Morgan fingerprint density at radius 1 is 1.32 bits per heavy atom. The van der Waals surface area contributed by atoms with Crippen LogP contribution in [0.1, 0.15) is 10.4 Å². The molecule has 0 bridgehead atoms. The molecule has 0 aliphatic rings. The van der Waals surface area contributed by atoms with Gasteiger partial charge in [0.25, 0.3) is 11.6 Å². The number of amides is 1. The normalized spacial score (nSPS) is 9.95. The van der Waals surface area contributed by atoms with Crippen molar-refractivity contribution in [1.29, 1.82) is 0 Å². The van der Waals surface area contributed by atoms with Gasteiger partial charge in [-0.3, -0.25) is 14.9 Å². The van der Waals surface area contributed by atoms with Crippen LogP contribution in [0.5, 0.6) is 0 Å². The largest absolute Gasteiger partial charge is 0.321 e. The first-order chi connectivity index (χ1) is 9.06. The van der Waals surface area contributed by atoms with Crippen LogP contribution in [0.3, 0.4) is 0 Å². The van der Waals surface area contributed by atoms with Crippen molar-refractivity contribution in [3.8, 4) is 0 Å². The summed E-state index contributed by atoms with van der Waals surface area (Å²) in [5.74, 6) is -0.423. The summed E-state index contributed by atoms with van der Waals surface area (Å²) in [6.07, 6.45) is 1.49. The number of carbonyl (C=O) groups excluding carboxylic acids is 1. The van der Waals surface area contributed by atoms with Crippen molar-refractivity contribution in [1.82, 2.24) is 4.98 Å². The maximum atomic E-state index is 11.9. The van der Waals surface area contributed by atoms with E-state index >= 15 is 0 Å². The Balaban J connectivity index is 2.18. The lowest BCUT2D eigenvalue weighted by Gasteiger charge is -2.04. The Hall–Kier alpha value is -2.28. The molecule has 19 heavy (non-hydrogen) atoms. The Morgan fingerprint density at radius 3 is 2.74 bits per heavy atom. The van der Waals surface area contributed by atoms with Gasteiger partial charge in [0.1, 0.15) is 4.60 Å². The molecule has 1 N–H and O–H groups in total. The molecule has 0 fully saturated rings. The van der Waals surface area contributed by atoms with Crippen LogP contribution in [0, 0.1) is 10.1 Å². The highest BCUT2D eigenvalue weighted by molar-refractivity contribution is 9.10. The molecule has 0 unspecified atom stereocenters. The lowest BCUT2D eigenvalue weighted by Crippen LogP contribution is -2.12. The van der Waals surface area contributed by atoms with E-state index in [1.807, 2.05) is 0 Å². The molecule has 6 nitrogen and oxygen atoms in total. The van der Waals surface area contributed by atoms with Gasteiger partial charge in [0, 0.05) is 17.7 Å². The van der Waals surface area contributed by atoms with Crippen LogP contribution in [0.4, 0.5) is 11.4 Å². The maximum Gasteiger partial charge on any atom is 0.270 e. The molecule has 1 heterocycles. The number of carbonyl (C=O) groups is 1. The second-order valence-electron chi connectivity index (χ2n) is 3.63. The van der Waals surface area contributed by atoms with Crippen molar-refractivity contribution in [3.05, 3.63) is 62.9 Å². The van der Waals surface area contributed by atoms with Crippen LogP contribution in [-0.4, -0.2) is 15.8 Å². The van der Waals surface area contributed by atoms with E-state index < -0.39 is 10.8 Å². The number of pyridine rings is 1. The fraction of sp³-hybridized carbons (Fsp3) is 0. The number of non-ortho nitro benzene ring substituents is 1. The number of nitrogens with one attached hydrogen (secondary N) is 1. The van der Waals surface area contributed by atoms with E-state index in [9.17, 15) is 14.9 Å². The van der Waals surface area contributed by atoms with E-state index in [1.165, 1.54) is 30.5 Å². The minimum atomic E-state index is -0.544. The van der Waals surface area contributed by atoms with Crippen molar-refractivity contribution in [2.75, 3.05) is 5.32 Å². The topological polar surface area (TPSA) is 85.1 Å². The summed E-state index contributed by atoms with van der Waals surface area (Å²) in [7, 11) is 0. The summed E-state index contributed by atoms with van der Waals surface area (Å²) in [5, 5.41) is 13.2. The van der Waals surface area contributed by atoms with Gasteiger partial charge in [0.05, 0.1) is 16.8 Å². The average molecular weight is 322 g/mol. The van der Waals surface area contributed by atoms with E-state index in [4.69, 9.17) is 0 Å². The highest BCUT2D eigenvalue weighted by Crippen LogP contribution is 2.15. The number of halogens is 1. The quantitative estimate of drug-likeness (QED) is 0.535. The number of hydrogen-bond donors (Lipinski definition) is 1. The third-order valence-electron chi connectivity index (χ3n) is 2.30. The highest BCUT2D eigenvalue weighted by Gasteiger charge is 2.11. The van der Waals surface area contributed by atoms with E-state index in [2.05, 4.69) is 26.2 Å². The number of rotatable bonds is 3. The van der Waals surface area contributed by atoms with Crippen molar-refractivity contribution >= 4 is 33.2 Å². The average Bonchev–Trinajstić information content (AvgIpc) is 2.41. The van der Waals surface area contributed by atoms with Gasteiger partial charge in [0.15, 0.2) is 0 Å². The van der Waals surface area contributed by atoms with Crippen LogP contribution in [0.25, 0.3) is 0 Å². The second-order valence-corrected chi connectivity index (χ2v) is 4.44. The lowest BCUT2D eigenvalue weighted by molar-refractivity contribution is -0.384. The Kier molecular flexibility index (Phi) is 3.86. The lowest BCUT2D eigenvalue weighted by atomic mass is 10.2. The molecule has 0 spiro atoms. The smallest absolute Gasteiger partial charge is 0.270 e.